The minimum atomic E-state index is -3.09. The fraction of sp³-hybridized carbons (Fsp3) is 0.364. The highest BCUT2D eigenvalue weighted by Gasteiger charge is 2.10. The van der Waals surface area contributed by atoms with Crippen molar-refractivity contribution in [1.82, 2.24) is 0 Å². The number of ether oxygens (including phenoxy) is 1. The molecule has 0 spiro atoms. The van der Waals surface area contributed by atoms with Crippen LogP contribution in [0.4, 0.5) is 0 Å². The second-order valence-corrected chi connectivity index (χ2v) is 5.79. The Balaban J connectivity index is 2.66. The molecule has 0 bridgehead atoms. The minimum Gasteiger partial charge on any atom is -0.497 e. The van der Waals surface area contributed by atoms with Crippen LogP contribution in [-0.2, 0) is 9.84 Å². The standard InChI is InChI=1S/C11H14O4S/c1-15-10-5-3-9(4-6-10)11(12)7-8-16(2,13)14/h3-6H,7-8H2,1-2H3. The van der Waals surface area contributed by atoms with E-state index in [0.29, 0.717) is 11.3 Å². The number of hydrogen-bond donors (Lipinski definition) is 0. The molecule has 0 amide bonds. The van der Waals surface area contributed by atoms with E-state index in [-0.39, 0.29) is 18.0 Å². The first-order valence-electron chi connectivity index (χ1n) is 4.77. The molecule has 0 fully saturated rings. The number of carbonyl (C=O) groups is 1. The lowest BCUT2D eigenvalue weighted by atomic mass is 10.1. The van der Waals surface area contributed by atoms with Crippen LogP contribution >= 0.6 is 0 Å². The van der Waals surface area contributed by atoms with Gasteiger partial charge in [0, 0.05) is 18.2 Å². The molecule has 4 nitrogen and oxygen atoms in total. The summed E-state index contributed by atoms with van der Waals surface area (Å²) in [6, 6.07) is 6.61. The molecule has 0 radical (unpaired) electrons. The van der Waals surface area contributed by atoms with E-state index in [4.69, 9.17) is 4.74 Å². The summed E-state index contributed by atoms with van der Waals surface area (Å²) in [6.45, 7) is 0. The molecule has 0 heterocycles. The van der Waals surface area contributed by atoms with Gasteiger partial charge in [0.05, 0.1) is 12.9 Å². The first-order valence-corrected chi connectivity index (χ1v) is 6.83. The van der Waals surface area contributed by atoms with Gasteiger partial charge in [0.25, 0.3) is 0 Å². The van der Waals surface area contributed by atoms with Crippen LogP contribution < -0.4 is 4.74 Å². The van der Waals surface area contributed by atoms with Gasteiger partial charge in [0.2, 0.25) is 0 Å². The Morgan fingerprint density at radius 1 is 1.25 bits per heavy atom. The summed E-state index contributed by atoms with van der Waals surface area (Å²) in [5, 5.41) is 0. The molecule has 0 N–H and O–H groups in total. The van der Waals surface area contributed by atoms with Crippen molar-refractivity contribution < 1.29 is 17.9 Å². The maximum Gasteiger partial charge on any atom is 0.163 e. The van der Waals surface area contributed by atoms with Crippen LogP contribution in [0.5, 0.6) is 5.75 Å². The molecule has 1 aromatic carbocycles. The molecule has 0 atom stereocenters. The van der Waals surface area contributed by atoms with Crippen molar-refractivity contribution >= 4 is 15.6 Å². The van der Waals surface area contributed by atoms with Gasteiger partial charge in [0.1, 0.15) is 15.6 Å². The maximum atomic E-state index is 11.6. The molecule has 0 aromatic heterocycles. The third kappa shape index (κ3) is 4.02. The van der Waals surface area contributed by atoms with E-state index in [2.05, 4.69) is 0 Å². The van der Waals surface area contributed by atoms with Crippen molar-refractivity contribution in [2.75, 3.05) is 19.1 Å². The highest BCUT2D eigenvalue weighted by atomic mass is 32.2. The molecule has 0 saturated carbocycles. The summed E-state index contributed by atoms with van der Waals surface area (Å²) < 4.78 is 26.7. The molecule has 0 aliphatic carbocycles. The van der Waals surface area contributed by atoms with Crippen molar-refractivity contribution in [2.45, 2.75) is 6.42 Å². The number of hydrogen-bond acceptors (Lipinski definition) is 4. The van der Waals surface area contributed by atoms with E-state index in [9.17, 15) is 13.2 Å². The summed E-state index contributed by atoms with van der Waals surface area (Å²) in [5.41, 5.74) is 0.504. The summed E-state index contributed by atoms with van der Waals surface area (Å²) in [7, 11) is -1.54. The topological polar surface area (TPSA) is 60.4 Å². The normalized spacial score (nSPS) is 11.1. The van der Waals surface area contributed by atoms with E-state index < -0.39 is 9.84 Å². The van der Waals surface area contributed by atoms with Crippen LogP contribution in [0, 0.1) is 0 Å². The van der Waals surface area contributed by atoms with Crippen molar-refractivity contribution in [3.8, 4) is 5.75 Å². The zero-order chi connectivity index (χ0) is 12.2. The molecular weight excluding hydrogens is 228 g/mol. The van der Waals surface area contributed by atoms with Crippen LogP contribution in [0.1, 0.15) is 16.8 Å². The van der Waals surface area contributed by atoms with Gasteiger partial charge in [0.15, 0.2) is 5.78 Å². The number of Topliss-reactive ketones (excluding diaryl/α,β-unsaturated/α-hetero) is 1. The monoisotopic (exact) mass is 242 g/mol. The fourth-order valence-corrected chi connectivity index (χ4v) is 1.76. The lowest BCUT2D eigenvalue weighted by Gasteiger charge is -2.02. The molecule has 5 heteroatoms. The molecule has 0 aliphatic heterocycles. The van der Waals surface area contributed by atoms with E-state index in [1.165, 1.54) is 0 Å². The summed E-state index contributed by atoms with van der Waals surface area (Å²) in [4.78, 5) is 11.6. The van der Waals surface area contributed by atoms with Crippen LogP contribution in [0.2, 0.25) is 0 Å². The van der Waals surface area contributed by atoms with Gasteiger partial charge >= 0.3 is 0 Å². The third-order valence-electron chi connectivity index (χ3n) is 2.11. The fourth-order valence-electron chi connectivity index (χ4n) is 1.20. The molecule has 0 saturated heterocycles. The zero-order valence-corrected chi connectivity index (χ0v) is 10.1. The average Bonchev–Trinajstić information content (AvgIpc) is 2.25. The highest BCUT2D eigenvalue weighted by Crippen LogP contribution is 2.12. The summed E-state index contributed by atoms with van der Waals surface area (Å²) >= 11 is 0. The molecule has 1 rings (SSSR count). The first kappa shape index (κ1) is 12.7. The number of methoxy groups -OCH3 is 1. The van der Waals surface area contributed by atoms with Gasteiger partial charge in [-0.1, -0.05) is 0 Å². The number of sulfone groups is 1. The number of benzene rings is 1. The van der Waals surface area contributed by atoms with Crippen LogP contribution in [0.25, 0.3) is 0 Å². The van der Waals surface area contributed by atoms with E-state index in [1.54, 1.807) is 31.4 Å². The van der Waals surface area contributed by atoms with Gasteiger partial charge in [-0.2, -0.15) is 0 Å². The Morgan fingerprint density at radius 3 is 2.25 bits per heavy atom. The molecule has 1 aromatic rings. The van der Waals surface area contributed by atoms with Crippen molar-refractivity contribution in [3.05, 3.63) is 29.8 Å². The second kappa shape index (κ2) is 5.12. The van der Waals surface area contributed by atoms with E-state index in [1.807, 2.05) is 0 Å². The Morgan fingerprint density at radius 2 is 1.81 bits per heavy atom. The molecule has 88 valence electrons. The van der Waals surface area contributed by atoms with Crippen LogP contribution in [0.3, 0.4) is 0 Å². The maximum absolute atomic E-state index is 11.6. The number of carbonyl (C=O) groups excluding carboxylic acids is 1. The van der Waals surface area contributed by atoms with Crippen LogP contribution in [0.15, 0.2) is 24.3 Å². The van der Waals surface area contributed by atoms with Gasteiger partial charge in [-0.25, -0.2) is 8.42 Å². The first-order chi connectivity index (χ1) is 7.42. The van der Waals surface area contributed by atoms with Gasteiger partial charge in [-0.15, -0.1) is 0 Å². The molecule has 0 aliphatic rings. The lowest BCUT2D eigenvalue weighted by molar-refractivity contribution is 0.0989. The summed E-state index contributed by atoms with van der Waals surface area (Å²) in [5.74, 6) is 0.380. The Labute approximate surface area is 95.2 Å². The minimum absolute atomic E-state index is 0.0190. The molecule has 0 unspecified atom stereocenters. The highest BCUT2D eigenvalue weighted by molar-refractivity contribution is 7.90. The van der Waals surface area contributed by atoms with Crippen molar-refractivity contribution in [2.24, 2.45) is 0 Å². The molecule has 16 heavy (non-hydrogen) atoms. The Bertz CT molecular complexity index is 459. The van der Waals surface area contributed by atoms with Gasteiger partial charge in [-0.3, -0.25) is 4.79 Å². The SMILES string of the molecule is COc1ccc(C(=O)CCS(C)(=O)=O)cc1. The average molecular weight is 242 g/mol. The lowest BCUT2D eigenvalue weighted by Crippen LogP contribution is -2.09. The van der Waals surface area contributed by atoms with E-state index >= 15 is 0 Å². The zero-order valence-electron chi connectivity index (χ0n) is 9.26. The number of rotatable bonds is 5. The van der Waals surface area contributed by atoms with Crippen molar-refractivity contribution in [3.63, 3.8) is 0 Å². The largest absolute Gasteiger partial charge is 0.497 e. The molecular formula is C11H14O4S. The Kier molecular flexibility index (Phi) is 4.06. The van der Waals surface area contributed by atoms with Crippen LogP contribution in [-0.4, -0.2) is 33.3 Å². The van der Waals surface area contributed by atoms with Gasteiger partial charge < -0.3 is 4.74 Å². The van der Waals surface area contributed by atoms with E-state index in [0.717, 1.165) is 6.26 Å². The smallest absolute Gasteiger partial charge is 0.163 e. The predicted molar refractivity (Wildman–Crippen MR) is 61.7 cm³/mol. The number of ketones is 1. The summed E-state index contributed by atoms with van der Waals surface area (Å²) in [6.07, 6.45) is 1.14. The quantitative estimate of drug-likeness (QED) is 0.730. The second-order valence-electron chi connectivity index (χ2n) is 3.53. The Hall–Kier alpha value is -1.36. The third-order valence-corrected chi connectivity index (χ3v) is 3.06. The van der Waals surface area contributed by atoms with Gasteiger partial charge in [-0.05, 0) is 24.3 Å². The van der Waals surface area contributed by atoms with Crippen molar-refractivity contribution in [1.29, 1.82) is 0 Å². The predicted octanol–water partition coefficient (Wildman–Crippen LogP) is 1.31.